The Bertz CT molecular complexity index is 440. The molecule has 1 rings (SSSR count). The van der Waals surface area contributed by atoms with Crippen molar-refractivity contribution in [3.05, 3.63) is 29.8 Å². The fraction of sp³-hybridized carbons (Fsp3) is 0.500. The van der Waals surface area contributed by atoms with Crippen molar-refractivity contribution in [1.29, 1.82) is 0 Å². The van der Waals surface area contributed by atoms with E-state index < -0.39 is 12.7 Å². The maximum Gasteiger partial charge on any atom is 0.387 e. The van der Waals surface area contributed by atoms with Gasteiger partial charge in [0.25, 0.3) is 0 Å². The predicted molar refractivity (Wildman–Crippen MR) is 70.7 cm³/mol. The lowest BCUT2D eigenvalue weighted by molar-refractivity contribution is -0.145. The predicted octanol–water partition coefficient (Wildman–Crippen LogP) is 2.89. The maximum absolute atomic E-state index is 12.2. The smallest absolute Gasteiger partial charge is 0.387 e. The van der Waals surface area contributed by atoms with Crippen LogP contribution in [0.1, 0.15) is 32.4 Å². The topological polar surface area (TPSA) is 47.6 Å². The van der Waals surface area contributed by atoms with Gasteiger partial charge in [-0.2, -0.15) is 8.78 Å². The summed E-state index contributed by atoms with van der Waals surface area (Å²) in [4.78, 5) is 11.5. The largest absolute Gasteiger partial charge is 0.465 e. The van der Waals surface area contributed by atoms with Crippen molar-refractivity contribution in [2.75, 3.05) is 6.61 Å². The summed E-state index contributed by atoms with van der Waals surface area (Å²) >= 11 is 0. The van der Waals surface area contributed by atoms with Crippen molar-refractivity contribution < 1.29 is 23.0 Å². The molecule has 0 amide bonds. The summed E-state index contributed by atoms with van der Waals surface area (Å²) in [5.74, 6) is -0.255. The second-order valence-corrected chi connectivity index (χ2v) is 4.31. The average molecular weight is 287 g/mol. The first-order chi connectivity index (χ1) is 9.43. The van der Waals surface area contributed by atoms with Crippen LogP contribution in [0.3, 0.4) is 0 Å². The average Bonchev–Trinajstić information content (AvgIpc) is 2.38. The number of benzene rings is 1. The molecule has 1 N–H and O–H groups in total. The molecule has 0 aliphatic rings. The quantitative estimate of drug-likeness (QED) is 0.783. The summed E-state index contributed by atoms with van der Waals surface area (Å²) in [6.45, 7) is 2.72. The minimum absolute atomic E-state index is 0.0925. The van der Waals surface area contributed by atoms with Crippen LogP contribution in [0, 0.1) is 0 Å². The number of carbonyl (C=O) groups excluding carboxylic acids is 1. The Hall–Kier alpha value is -1.69. The molecule has 0 radical (unpaired) electrons. The summed E-state index contributed by atoms with van der Waals surface area (Å²) < 4.78 is 33.5. The number of alkyl halides is 2. The molecular weight excluding hydrogens is 268 g/mol. The lowest BCUT2D eigenvalue weighted by Gasteiger charge is -2.19. The Kier molecular flexibility index (Phi) is 6.38. The van der Waals surface area contributed by atoms with Crippen molar-refractivity contribution in [2.24, 2.45) is 0 Å². The van der Waals surface area contributed by atoms with Crippen LogP contribution in [0.5, 0.6) is 5.75 Å². The van der Waals surface area contributed by atoms with Crippen molar-refractivity contribution in [3.63, 3.8) is 0 Å². The summed E-state index contributed by atoms with van der Waals surface area (Å²) in [5.41, 5.74) is 0.749. The Labute approximate surface area is 117 Å². The molecule has 0 aliphatic heterocycles. The first-order valence-corrected chi connectivity index (χ1v) is 6.41. The molecule has 1 aromatic rings. The Balaban J connectivity index is 2.67. The van der Waals surface area contributed by atoms with Gasteiger partial charge in [0.1, 0.15) is 11.8 Å². The minimum atomic E-state index is -2.85. The number of hydrogen-bond donors (Lipinski definition) is 1. The van der Waals surface area contributed by atoms with Gasteiger partial charge < -0.3 is 9.47 Å². The standard InChI is InChI=1S/C14H19F2NO3/c1-4-19-13(18)10(3)17-9(2)11-6-5-7-12(8-11)20-14(15)16/h5-10,14,17H,4H2,1-3H3. The second-order valence-electron chi connectivity index (χ2n) is 4.31. The van der Waals surface area contributed by atoms with Gasteiger partial charge in [-0.05, 0) is 38.5 Å². The second kappa shape index (κ2) is 7.79. The molecule has 0 saturated heterocycles. The zero-order chi connectivity index (χ0) is 15.1. The number of nitrogens with one attached hydrogen (secondary N) is 1. The van der Waals surface area contributed by atoms with E-state index in [-0.39, 0.29) is 17.8 Å². The zero-order valence-corrected chi connectivity index (χ0v) is 11.7. The lowest BCUT2D eigenvalue weighted by Crippen LogP contribution is -2.37. The van der Waals surface area contributed by atoms with Gasteiger partial charge >= 0.3 is 12.6 Å². The van der Waals surface area contributed by atoms with Crippen LogP contribution in [0.4, 0.5) is 8.78 Å². The molecular formula is C14H19F2NO3. The molecule has 1 aromatic carbocycles. The third-order valence-electron chi connectivity index (χ3n) is 2.72. The summed E-state index contributed by atoms with van der Waals surface area (Å²) in [6, 6.07) is 5.69. The molecule has 0 aromatic heterocycles. The first kappa shape index (κ1) is 16.4. The summed E-state index contributed by atoms with van der Waals surface area (Å²) in [5, 5.41) is 3.04. The molecule has 0 heterocycles. The minimum Gasteiger partial charge on any atom is -0.465 e. The molecule has 2 atom stereocenters. The molecule has 0 bridgehead atoms. The fourth-order valence-corrected chi connectivity index (χ4v) is 1.77. The van der Waals surface area contributed by atoms with E-state index in [1.807, 2.05) is 6.92 Å². The number of carbonyl (C=O) groups is 1. The first-order valence-electron chi connectivity index (χ1n) is 6.41. The van der Waals surface area contributed by atoms with Gasteiger partial charge in [0.05, 0.1) is 6.61 Å². The normalized spacial score (nSPS) is 13.9. The van der Waals surface area contributed by atoms with Crippen LogP contribution in [-0.2, 0) is 9.53 Å². The third-order valence-corrected chi connectivity index (χ3v) is 2.72. The molecule has 112 valence electrons. The van der Waals surface area contributed by atoms with Crippen LogP contribution in [0.25, 0.3) is 0 Å². The summed E-state index contributed by atoms with van der Waals surface area (Å²) in [7, 11) is 0. The molecule has 0 spiro atoms. The molecule has 2 unspecified atom stereocenters. The SMILES string of the molecule is CCOC(=O)C(C)NC(C)c1cccc(OC(F)F)c1. The van der Waals surface area contributed by atoms with Crippen molar-refractivity contribution in [2.45, 2.75) is 39.5 Å². The van der Waals surface area contributed by atoms with E-state index in [0.717, 1.165) is 5.56 Å². The number of esters is 1. The number of halogens is 2. The van der Waals surface area contributed by atoms with E-state index in [4.69, 9.17) is 4.74 Å². The Morgan fingerprint density at radius 2 is 2.05 bits per heavy atom. The van der Waals surface area contributed by atoms with Crippen LogP contribution < -0.4 is 10.1 Å². The van der Waals surface area contributed by atoms with Crippen LogP contribution in [0.15, 0.2) is 24.3 Å². The molecule has 0 fully saturated rings. The van der Waals surface area contributed by atoms with Crippen LogP contribution in [-0.4, -0.2) is 25.2 Å². The third kappa shape index (κ3) is 5.13. The van der Waals surface area contributed by atoms with E-state index in [1.54, 1.807) is 26.0 Å². The number of hydrogen-bond acceptors (Lipinski definition) is 4. The Morgan fingerprint density at radius 3 is 2.65 bits per heavy atom. The highest BCUT2D eigenvalue weighted by Gasteiger charge is 2.17. The van der Waals surface area contributed by atoms with Crippen LogP contribution in [0.2, 0.25) is 0 Å². The Morgan fingerprint density at radius 1 is 1.35 bits per heavy atom. The van der Waals surface area contributed by atoms with Crippen molar-refractivity contribution >= 4 is 5.97 Å². The van der Waals surface area contributed by atoms with Crippen molar-refractivity contribution in [3.8, 4) is 5.75 Å². The van der Waals surface area contributed by atoms with E-state index in [9.17, 15) is 13.6 Å². The number of rotatable bonds is 7. The molecule has 0 aliphatic carbocycles. The molecule has 4 nitrogen and oxygen atoms in total. The van der Waals surface area contributed by atoms with E-state index >= 15 is 0 Å². The van der Waals surface area contributed by atoms with Gasteiger partial charge in [-0.3, -0.25) is 10.1 Å². The lowest BCUT2D eigenvalue weighted by atomic mass is 10.1. The van der Waals surface area contributed by atoms with Gasteiger partial charge in [0, 0.05) is 6.04 Å². The van der Waals surface area contributed by atoms with Gasteiger partial charge in [-0.1, -0.05) is 12.1 Å². The highest BCUT2D eigenvalue weighted by atomic mass is 19.3. The molecule has 0 saturated carbocycles. The highest BCUT2D eigenvalue weighted by molar-refractivity contribution is 5.75. The monoisotopic (exact) mass is 287 g/mol. The van der Waals surface area contributed by atoms with E-state index in [2.05, 4.69) is 10.1 Å². The van der Waals surface area contributed by atoms with Gasteiger partial charge in [-0.25, -0.2) is 0 Å². The molecule has 6 heteroatoms. The fourth-order valence-electron chi connectivity index (χ4n) is 1.77. The van der Waals surface area contributed by atoms with Gasteiger partial charge in [0.15, 0.2) is 0 Å². The molecule has 20 heavy (non-hydrogen) atoms. The summed E-state index contributed by atoms with van der Waals surface area (Å²) in [6.07, 6.45) is 0. The number of ether oxygens (including phenoxy) is 2. The van der Waals surface area contributed by atoms with Gasteiger partial charge in [0.2, 0.25) is 0 Å². The van der Waals surface area contributed by atoms with Crippen LogP contribution >= 0.6 is 0 Å². The van der Waals surface area contributed by atoms with E-state index in [0.29, 0.717) is 6.61 Å². The maximum atomic E-state index is 12.2. The van der Waals surface area contributed by atoms with Crippen molar-refractivity contribution in [1.82, 2.24) is 5.32 Å². The highest BCUT2D eigenvalue weighted by Crippen LogP contribution is 2.21. The van der Waals surface area contributed by atoms with Gasteiger partial charge in [-0.15, -0.1) is 0 Å². The van der Waals surface area contributed by atoms with E-state index in [1.165, 1.54) is 12.1 Å². The zero-order valence-electron chi connectivity index (χ0n) is 11.7.